The van der Waals surface area contributed by atoms with Gasteiger partial charge < -0.3 is 4.74 Å². The van der Waals surface area contributed by atoms with Crippen molar-refractivity contribution < 1.29 is 13.9 Å². The van der Waals surface area contributed by atoms with Gasteiger partial charge in [0.2, 0.25) is 0 Å². The third-order valence-corrected chi connectivity index (χ3v) is 3.13. The fraction of sp³-hybridized carbons (Fsp3) is 0.188. The zero-order chi connectivity index (χ0) is 13.2. The summed E-state index contributed by atoms with van der Waals surface area (Å²) in [5.41, 5.74) is 1.90. The Morgan fingerprint density at radius 3 is 2.47 bits per heavy atom. The largest absolute Gasteiger partial charge is 0.490 e. The van der Waals surface area contributed by atoms with Crippen LogP contribution >= 0.6 is 0 Å². The van der Waals surface area contributed by atoms with Crippen LogP contribution in [0.3, 0.4) is 0 Å². The third-order valence-electron chi connectivity index (χ3n) is 3.13. The van der Waals surface area contributed by atoms with E-state index in [4.69, 9.17) is 4.74 Å². The van der Waals surface area contributed by atoms with E-state index >= 15 is 0 Å². The van der Waals surface area contributed by atoms with Gasteiger partial charge in [-0.1, -0.05) is 12.1 Å². The zero-order valence-electron chi connectivity index (χ0n) is 10.3. The van der Waals surface area contributed by atoms with E-state index in [9.17, 15) is 9.18 Å². The number of benzene rings is 2. The van der Waals surface area contributed by atoms with E-state index in [2.05, 4.69) is 0 Å². The van der Waals surface area contributed by atoms with Gasteiger partial charge in [-0.2, -0.15) is 0 Å². The highest BCUT2D eigenvalue weighted by molar-refractivity contribution is 5.87. The number of ether oxygens (including phenoxy) is 1. The average molecular weight is 256 g/mol. The molecule has 19 heavy (non-hydrogen) atoms. The molecule has 0 bridgehead atoms. The highest BCUT2D eigenvalue weighted by Gasteiger charge is 2.23. The average Bonchev–Trinajstić information content (AvgIpc) is 3.23. The van der Waals surface area contributed by atoms with Crippen LogP contribution in [-0.2, 0) is 0 Å². The SMILES string of the molecule is O=Cc1ccc(F)cc1-c1ccc(OC2CC2)cc1. The van der Waals surface area contributed by atoms with Crippen LogP contribution in [0.1, 0.15) is 23.2 Å². The van der Waals surface area contributed by atoms with Crippen molar-refractivity contribution in [3.63, 3.8) is 0 Å². The van der Waals surface area contributed by atoms with Crippen molar-refractivity contribution in [2.24, 2.45) is 0 Å². The van der Waals surface area contributed by atoms with E-state index in [0.29, 0.717) is 17.2 Å². The first-order valence-electron chi connectivity index (χ1n) is 6.28. The molecule has 2 aromatic rings. The van der Waals surface area contributed by atoms with Gasteiger partial charge in [-0.05, 0) is 54.3 Å². The molecule has 1 saturated carbocycles. The summed E-state index contributed by atoms with van der Waals surface area (Å²) in [6.45, 7) is 0. The molecular weight excluding hydrogens is 243 g/mol. The molecule has 0 heterocycles. The van der Waals surface area contributed by atoms with Crippen molar-refractivity contribution in [2.45, 2.75) is 18.9 Å². The van der Waals surface area contributed by atoms with Crippen LogP contribution in [0.4, 0.5) is 4.39 Å². The molecule has 0 unspecified atom stereocenters. The summed E-state index contributed by atoms with van der Waals surface area (Å²) >= 11 is 0. The van der Waals surface area contributed by atoms with Gasteiger partial charge in [-0.3, -0.25) is 4.79 Å². The monoisotopic (exact) mass is 256 g/mol. The van der Waals surface area contributed by atoms with Gasteiger partial charge in [-0.25, -0.2) is 4.39 Å². The van der Waals surface area contributed by atoms with Gasteiger partial charge in [-0.15, -0.1) is 0 Å². The van der Waals surface area contributed by atoms with Crippen LogP contribution in [0, 0.1) is 5.82 Å². The molecule has 96 valence electrons. The van der Waals surface area contributed by atoms with Gasteiger partial charge in [0, 0.05) is 5.56 Å². The zero-order valence-corrected chi connectivity index (χ0v) is 10.3. The second-order valence-corrected chi connectivity index (χ2v) is 4.69. The minimum absolute atomic E-state index is 0.348. The molecule has 0 aromatic heterocycles. The predicted octanol–water partition coefficient (Wildman–Crippen LogP) is 3.85. The smallest absolute Gasteiger partial charge is 0.150 e. The number of halogens is 1. The van der Waals surface area contributed by atoms with Gasteiger partial charge in [0.25, 0.3) is 0 Å². The van der Waals surface area contributed by atoms with Crippen LogP contribution in [0.2, 0.25) is 0 Å². The number of hydrogen-bond acceptors (Lipinski definition) is 2. The van der Waals surface area contributed by atoms with Gasteiger partial charge in [0.05, 0.1) is 6.10 Å². The summed E-state index contributed by atoms with van der Waals surface area (Å²) in [6, 6.07) is 11.6. The molecule has 3 rings (SSSR count). The van der Waals surface area contributed by atoms with Gasteiger partial charge in [0.1, 0.15) is 11.6 Å². The lowest BCUT2D eigenvalue weighted by atomic mass is 10.0. The lowest BCUT2D eigenvalue weighted by Crippen LogP contribution is -1.95. The molecule has 0 N–H and O–H groups in total. The number of rotatable bonds is 4. The Kier molecular flexibility index (Phi) is 3.03. The van der Waals surface area contributed by atoms with Crippen molar-refractivity contribution in [3.05, 3.63) is 53.8 Å². The second kappa shape index (κ2) is 4.84. The van der Waals surface area contributed by atoms with Crippen LogP contribution in [0.15, 0.2) is 42.5 Å². The molecule has 0 radical (unpaired) electrons. The van der Waals surface area contributed by atoms with Crippen LogP contribution in [0.5, 0.6) is 5.75 Å². The maximum absolute atomic E-state index is 13.3. The van der Waals surface area contributed by atoms with Crippen molar-refractivity contribution in [1.29, 1.82) is 0 Å². The van der Waals surface area contributed by atoms with E-state index in [1.165, 1.54) is 18.2 Å². The van der Waals surface area contributed by atoms with Crippen molar-refractivity contribution in [1.82, 2.24) is 0 Å². The molecule has 2 aromatic carbocycles. The molecule has 0 saturated heterocycles. The Bertz CT molecular complexity index is 601. The second-order valence-electron chi connectivity index (χ2n) is 4.69. The lowest BCUT2D eigenvalue weighted by molar-refractivity contribution is 0.112. The number of aldehydes is 1. The van der Waals surface area contributed by atoms with Crippen molar-refractivity contribution in [2.75, 3.05) is 0 Å². The lowest BCUT2D eigenvalue weighted by Gasteiger charge is -2.08. The molecule has 0 aliphatic heterocycles. The molecule has 2 nitrogen and oxygen atoms in total. The molecule has 0 spiro atoms. The predicted molar refractivity (Wildman–Crippen MR) is 70.9 cm³/mol. The van der Waals surface area contributed by atoms with Crippen molar-refractivity contribution >= 4 is 6.29 Å². The summed E-state index contributed by atoms with van der Waals surface area (Å²) in [5, 5.41) is 0. The minimum Gasteiger partial charge on any atom is -0.490 e. The number of hydrogen-bond donors (Lipinski definition) is 0. The summed E-state index contributed by atoms with van der Waals surface area (Å²) in [5.74, 6) is 0.467. The Morgan fingerprint density at radius 1 is 1.11 bits per heavy atom. The summed E-state index contributed by atoms with van der Waals surface area (Å²) in [6.07, 6.45) is 3.32. The quantitative estimate of drug-likeness (QED) is 0.777. The minimum atomic E-state index is -0.348. The maximum atomic E-state index is 13.3. The molecule has 1 aliphatic carbocycles. The fourth-order valence-electron chi connectivity index (χ4n) is 1.97. The van der Waals surface area contributed by atoms with E-state index in [1.54, 1.807) is 0 Å². The molecule has 3 heteroatoms. The Morgan fingerprint density at radius 2 is 1.84 bits per heavy atom. The van der Waals surface area contributed by atoms with E-state index in [0.717, 1.165) is 30.4 Å². The molecule has 1 fully saturated rings. The van der Waals surface area contributed by atoms with Crippen LogP contribution in [0.25, 0.3) is 11.1 Å². The van der Waals surface area contributed by atoms with Gasteiger partial charge in [0.15, 0.2) is 6.29 Å². The number of carbonyl (C=O) groups is 1. The molecule has 0 atom stereocenters. The molecule has 1 aliphatic rings. The summed E-state index contributed by atoms with van der Waals surface area (Å²) in [7, 11) is 0. The summed E-state index contributed by atoms with van der Waals surface area (Å²) < 4.78 is 18.9. The van der Waals surface area contributed by atoms with Gasteiger partial charge >= 0.3 is 0 Å². The highest BCUT2D eigenvalue weighted by Crippen LogP contribution is 2.29. The van der Waals surface area contributed by atoms with Crippen LogP contribution < -0.4 is 4.74 Å². The Balaban J connectivity index is 1.92. The third kappa shape index (κ3) is 2.65. The standard InChI is InChI=1S/C16H13FO2/c17-13-4-1-12(10-18)16(9-13)11-2-5-14(6-3-11)19-15-7-8-15/h1-6,9-10,15H,7-8H2. The normalized spacial score (nSPS) is 14.2. The Labute approximate surface area is 110 Å². The van der Waals surface area contributed by atoms with Crippen LogP contribution in [-0.4, -0.2) is 12.4 Å². The fourth-order valence-corrected chi connectivity index (χ4v) is 1.97. The summed E-state index contributed by atoms with van der Waals surface area (Å²) in [4.78, 5) is 11.0. The molecule has 0 amide bonds. The first-order chi connectivity index (χ1) is 9.26. The Hall–Kier alpha value is -2.16. The highest BCUT2D eigenvalue weighted by atomic mass is 19.1. The molecular formula is C16H13FO2. The van der Waals surface area contributed by atoms with E-state index in [-0.39, 0.29) is 5.82 Å². The van der Waals surface area contributed by atoms with E-state index < -0.39 is 0 Å². The number of carbonyl (C=O) groups excluding carboxylic acids is 1. The maximum Gasteiger partial charge on any atom is 0.150 e. The van der Waals surface area contributed by atoms with Crippen molar-refractivity contribution in [3.8, 4) is 16.9 Å². The first kappa shape index (κ1) is 11.9. The topological polar surface area (TPSA) is 26.3 Å². The van der Waals surface area contributed by atoms with E-state index in [1.807, 2.05) is 24.3 Å². The first-order valence-corrected chi connectivity index (χ1v) is 6.28.